The van der Waals surface area contributed by atoms with Crippen LogP contribution in [0, 0.1) is 0 Å². The lowest BCUT2D eigenvalue weighted by Crippen LogP contribution is -2.50. The number of carbonyl (C=O) groups is 1. The predicted molar refractivity (Wildman–Crippen MR) is 213 cm³/mol. The maximum Gasteiger partial charge on any atom is 0.414 e. The minimum atomic E-state index is -3.74. The second-order valence-electron chi connectivity index (χ2n) is 14.4. The number of para-hydroxylation sites is 2. The Kier molecular flexibility index (Phi) is 10.8. The molecule has 14 nitrogen and oxygen atoms in total. The lowest BCUT2D eigenvalue weighted by atomic mass is 10.0. The van der Waals surface area contributed by atoms with Crippen molar-refractivity contribution in [2.75, 3.05) is 42.7 Å². The Hall–Kier alpha value is -5.26. The minimum absolute atomic E-state index is 0.0566. The van der Waals surface area contributed by atoms with E-state index in [0.29, 0.717) is 76.0 Å². The van der Waals surface area contributed by atoms with Gasteiger partial charge in [-0.2, -0.15) is 8.61 Å². The van der Waals surface area contributed by atoms with E-state index in [1.165, 1.54) is 38.7 Å². The van der Waals surface area contributed by atoms with Crippen LogP contribution in [0.5, 0.6) is 11.5 Å². The summed E-state index contributed by atoms with van der Waals surface area (Å²) in [6, 6.07) is 28.4. The van der Waals surface area contributed by atoms with E-state index >= 15 is 0 Å². The second kappa shape index (κ2) is 15.9. The van der Waals surface area contributed by atoms with Gasteiger partial charge in [0.25, 0.3) is 10.0 Å². The average Bonchev–Trinajstić information content (AvgIpc) is 3.24. The molecule has 2 saturated heterocycles. The van der Waals surface area contributed by atoms with Crippen molar-refractivity contribution in [1.82, 2.24) is 13.6 Å². The lowest BCUT2D eigenvalue weighted by Gasteiger charge is -2.41. The number of aromatic hydroxyl groups is 2. The van der Waals surface area contributed by atoms with Crippen LogP contribution >= 0.6 is 0 Å². The van der Waals surface area contributed by atoms with Crippen molar-refractivity contribution in [3.8, 4) is 11.5 Å². The predicted octanol–water partition coefficient (Wildman–Crippen LogP) is 5.79. The van der Waals surface area contributed by atoms with E-state index in [4.69, 9.17) is 9.47 Å². The first kappa shape index (κ1) is 38.6. The fourth-order valence-corrected chi connectivity index (χ4v) is 11.1. The number of anilines is 2. The van der Waals surface area contributed by atoms with Gasteiger partial charge in [-0.1, -0.05) is 54.6 Å². The van der Waals surface area contributed by atoms with Crippen LogP contribution in [0.3, 0.4) is 0 Å². The maximum absolute atomic E-state index is 13.4. The molecule has 4 aliphatic heterocycles. The van der Waals surface area contributed by atoms with Crippen molar-refractivity contribution in [1.29, 1.82) is 0 Å². The highest BCUT2D eigenvalue weighted by Crippen LogP contribution is 2.37. The summed E-state index contributed by atoms with van der Waals surface area (Å²) < 4.78 is 66.2. The van der Waals surface area contributed by atoms with Crippen molar-refractivity contribution < 1.29 is 41.3 Å². The van der Waals surface area contributed by atoms with Gasteiger partial charge >= 0.3 is 6.09 Å². The van der Waals surface area contributed by atoms with E-state index < -0.39 is 20.0 Å². The van der Waals surface area contributed by atoms with Crippen molar-refractivity contribution in [3.05, 3.63) is 114 Å². The summed E-state index contributed by atoms with van der Waals surface area (Å²) >= 11 is 0. The topological polar surface area (TPSA) is 170 Å². The zero-order valence-electron chi connectivity index (χ0n) is 31.1. The number of piperidine rings is 2. The number of hydrogen-bond donors (Lipinski definition) is 2. The molecule has 0 atom stereocenters. The number of carbonyl (C=O) groups excluding carboxylic acids is 1. The fourth-order valence-electron chi connectivity index (χ4n) is 8.06. The number of cyclic esters (lactones) is 1. The Balaban J connectivity index is 0.000000162. The molecule has 0 saturated carbocycles. The summed E-state index contributed by atoms with van der Waals surface area (Å²) in [4.78, 5) is 20.3. The number of aromatic nitrogens is 1. The standard InChI is InChI=1S/C23H24N2O5S.C18H19N3O4S/c26-21-12-16-5-3-7-23(19(16)13-22(21)27)31(28,29)24-10-8-18(9-11-24)25-15-30-14-17-4-1-2-6-20(17)25;22-18-21(16-6-2-1-5-14(16)13-25-18)15-8-11-20(12-9-15)26(23,24)17-7-3-4-10-19-17/h1-7,12-13,18,26-27H,8-11,14-15H2;1-7,10,15H,8-9,11-13H2. The van der Waals surface area contributed by atoms with E-state index in [-0.39, 0.29) is 46.2 Å². The van der Waals surface area contributed by atoms with Crippen LogP contribution in [0.25, 0.3) is 10.8 Å². The van der Waals surface area contributed by atoms with Gasteiger partial charge in [0.2, 0.25) is 10.0 Å². The van der Waals surface area contributed by atoms with E-state index in [2.05, 4.69) is 22.0 Å². The molecule has 2 N–H and O–H groups in total. The number of nitrogens with zero attached hydrogens (tertiary/aromatic N) is 5. The molecule has 16 heteroatoms. The Morgan fingerprint density at radius 1 is 0.649 bits per heavy atom. The molecular weight excluding hydrogens is 771 g/mol. The summed E-state index contributed by atoms with van der Waals surface area (Å²) in [6.07, 6.45) is 3.61. The van der Waals surface area contributed by atoms with Gasteiger partial charge in [-0.05, 0) is 73.5 Å². The quantitative estimate of drug-likeness (QED) is 0.199. The van der Waals surface area contributed by atoms with E-state index in [1.54, 1.807) is 35.2 Å². The molecule has 0 unspecified atom stereocenters. The number of hydrogen-bond acceptors (Lipinski definition) is 11. The molecule has 0 bridgehead atoms. The molecule has 57 heavy (non-hydrogen) atoms. The number of ether oxygens (including phenoxy) is 2. The zero-order valence-corrected chi connectivity index (χ0v) is 32.7. The first-order valence-electron chi connectivity index (χ1n) is 18.8. The number of benzene rings is 4. The molecular formula is C41H43N5O9S2. The third-order valence-corrected chi connectivity index (χ3v) is 14.8. The molecule has 298 valence electrons. The molecule has 4 aliphatic rings. The van der Waals surface area contributed by atoms with Gasteiger partial charge in [0.15, 0.2) is 16.5 Å². The van der Waals surface area contributed by atoms with Gasteiger partial charge in [-0.25, -0.2) is 26.6 Å². The SMILES string of the molecule is O=C1OCc2ccccc2N1C1CCN(S(=O)(=O)c2ccccn2)CC1.O=S(=O)(c1cccc2cc(O)c(O)cc12)N1CCC(N2COCc3ccccc32)CC1. The highest BCUT2D eigenvalue weighted by molar-refractivity contribution is 7.89. The lowest BCUT2D eigenvalue weighted by molar-refractivity contribution is 0.0988. The fraction of sp³-hybridized carbons (Fsp3) is 0.317. The van der Waals surface area contributed by atoms with E-state index in [1.807, 2.05) is 36.4 Å². The van der Waals surface area contributed by atoms with Crippen LogP contribution in [0.4, 0.5) is 16.2 Å². The summed E-state index contributed by atoms with van der Waals surface area (Å²) in [7, 11) is -7.34. The van der Waals surface area contributed by atoms with Crippen LogP contribution < -0.4 is 9.80 Å². The monoisotopic (exact) mass is 813 g/mol. The Labute approximate surface area is 331 Å². The van der Waals surface area contributed by atoms with Gasteiger partial charge in [-0.15, -0.1) is 0 Å². The smallest absolute Gasteiger partial charge is 0.414 e. The summed E-state index contributed by atoms with van der Waals surface area (Å²) in [6.45, 7) is 2.89. The first-order valence-corrected chi connectivity index (χ1v) is 21.7. The summed E-state index contributed by atoms with van der Waals surface area (Å²) in [5, 5.41) is 20.7. The highest BCUT2D eigenvalue weighted by Gasteiger charge is 2.38. The van der Waals surface area contributed by atoms with Gasteiger partial charge in [0.05, 0.1) is 17.2 Å². The molecule has 1 amide bonds. The third-order valence-electron chi connectivity index (χ3n) is 11.0. The van der Waals surface area contributed by atoms with Crippen molar-refractivity contribution in [2.24, 2.45) is 0 Å². The van der Waals surface area contributed by atoms with Gasteiger partial charge < -0.3 is 24.6 Å². The molecule has 2 fully saturated rings. The van der Waals surface area contributed by atoms with E-state index in [9.17, 15) is 31.8 Å². The van der Waals surface area contributed by atoms with Crippen molar-refractivity contribution in [3.63, 3.8) is 0 Å². The van der Waals surface area contributed by atoms with Crippen molar-refractivity contribution >= 4 is 48.3 Å². The van der Waals surface area contributed by atoms with Crippen LogP contribution in [-0.2, 0) is 42.7 Å². The largest absolute Gasteiger partial charge is 0.504 e. The molecule has 5 aromatic rings. The zero-order chi connectivity index (χ0) is 39.7. The van der Waals surface area contributed by atoms with E-state index in [0.717, 1.165) is 16.8 Å². The molecule has 9 rings (SSSR count). The van der Waals surface area contributed by atoms with Crippen LogP contribution in [0.1, 0.15) is 36.8 Å². The first-order chi connectivity index (χ1) is 27.5. The normalized spacial score (nSPS) is 18.6. The number of phenolic OH excluding ortho intramolecular Hbond substituents is 2. The van der Waals surface area contributed by atoms with Crippen LogP contribution in [-0.4, -0.2) is 91.7 Å². The molecule has 0 aliphatic carbocycles. The number of pyridine rings is 1. The average molecular weight is 814 g/mol. The van der Waals surface area contributed by atoms with Gasteiger partial charge in [0, 0.05) is 66.7 Å². The minimum Gasteiger partial charge on any atom is -0.504 e. The number of fused-ring (bicyclic) bond motifs is 3. The van der Waals surface area contributed by atoms with Crippen molar-refractivity contribution in [2.45, 2.75) is 60.9 Å². The molecule has 0 spiro atoms. The molecule has 5 heterocycles. The summed E-state index contributed by atoms with van der Waals surface area (Å²) in [5.41, 5.74) is 4.15. The molecule has 4 aromatic carbocycles. The number of sulfonamides is 2. The Morgan fingerprint density at radius 2 is 1.26 bits per heavy atom. The molecule has 0 radical (unpaired) electrons. The second-order valence-corrected chi connectivity index (χ2v) is 18.2. The highest BCUT2D eigenvalue weighted by atomic mass is 32.2. The van der Waals surface area contributed by atoms with Crippen LogP contribution in [0.2, 0.25) is 0 Å². The summed E-state index contributed by atoms with van der Waals surface area (Å²) in [5.74, 6) is -0.607. The van der Waals surface area contributed by atoms with Gasteiger partial charge in [0.1, 0.15) is 13.3 Å². The maximum atomic E-state index is 13.4. The number of phenols is 2. The number of amides is 1. The Bertz CT molecular complexity index is 2490. The number of rotatable bonds is 6. The molecule has 1 aromatic heterocycles. The van der Waals surface area contributed by atoms with Crippen LogP contribution in [0.15, 0.2) is 113 Å². The Morgan fingerprint density at radius 3 is 1.96 bits per heavy atom. The van der Waals surface area contributed by atoms with Gasteiger partial charge in [-0.3, -0.25) is 4.90 Å². The third kappa shape index (κ3) is 7.62.